The van der Waals surface area contributed by atoms with E-state index in [4.69, 9.17) is 10.5 Å². The van der Waals surface area contributed by atoms with Gasteiger partial charge in [0.15, 0.2) is 5.82 Å². The van der Waals surface area contributed by atoms with Crippen molar-refractivity contribution in [3.63, 3.8) is 0 Å². The number of amides is 3. The van der Waals surface area contributed by atoms with E-state index < -0.39 is 0 Å². The van der Waals surface area contributed by atoms with Crippen LogP contribution in [0.5, 0.6) is 11.6 Å². The molecule has 3 aromatic rings. The summed E-state index contributed by atoms with van der Waals surface area (Å²) in [5.74, 6) is 2.38. The number of aromatic nitrogens is 3. The number of primary amides is 1. The highest BCUT2D eigenvalue weighted by Crippen LogP contribution is 2.26. The van der Waals surface area contributed by atoms with Crippen LogP contribution >= 0.6 is 0 Å². The molecule has 2 N–H and O–H groups in total. The van der Waals surface area contributed by atoms with E-state index in [2.05, 4.69) is 19.9 Å². The van der Waals surface area contributed by atoms with Gasteiger partial charge in [0.1, 0.15) is 11.6 Å². The van der Waals surface area contributed by atoms with Gasteiger partial charge in [0, 0.05) is 84.9 Å². The molecule has 0 bridgehead atoms. The number of benzene rings is 1. The minimum atomic E-state index is -0.324. The summed E-state index contributed by atoms with van der Waals surface area (Å²) >= 11 is 0. The van der Waals surface area contributed by atoms with Crippen LogP contribution in [0.2, 0.25) is 0 Å². The van der Waals surface area contributed by atoms with Gasteiger partial charge in [-0.25, -0.2) is 4.98 Å². The SMILES string of the molecule is CC(=O)N(C)CCN(C)c1cncc(Oc2ccc(-c3ccc(N4CCN(C(=O)CCCCC(N)=O)CC4)nc3)cc2)n1. The summed E-state index contributed by atoms with van der Waals surface area (Å²) in [6, 6.07) is 11.8. The van der Waals surface area contributed by atoms with E-state index in [0.717, 1.165) is 30.0 Å². The Morgan fingerprint density at radius 2 is 1.58 bits per heavy atom. The van der Waals surface area contributed by atoms with Crippen molar-refractivity contribution in [2.75, 3.05) is 63.2 Å². The lowest BCUT2D eigenvalue weighted by atomic mass is 10.1. The van der Waals surface area contributed by atoms with Gasteiger partial charge in [0.25, 0.3) is 0 Å². The zero-order chi connectivity index (χ0) is 30.8. The van der Waals surface area contributed by atoms with E-state index in [0.29, 0.717) is 69.3 Å². The van der Waals surface area contributed by atoms with Crippen LogP contribution in [0.15, 0.2) is 55.0 Å². The molecule has 0 radical (unpaired) electrons. The first-order chi connectivity index (χ1) is 20.7. The lowest BCUT2D eigenvalue weighted by molar-refractivity contribution is -0.131. The Balaban J connectivity index is 1.27. The normalized spacial score (nSPS) is 13.0. The molecular weight excluding hydrogens is 548 g/mol. The molecule has 12 heteroatoms. The van der Waals surface area contributed by atoms with Gasteiger partial charge in [-0.1, -0.05) is 12.1 Å². The van der Waals surface area contributed by atoms with Crippen LogP contribution < -0.4 is 20.3 Å². The summed E-state index contributed by atoms with van der Waals surface area (Å²) in [6.07, 6.45) is 7.19. The van der Waals surface area contributed by atoms with E-state index in [9.17, 15) is 14.4 Å². The first-order valence-corrected chi connectivity index (χ1v) is 14.5. The number of piperazine rings is 1. The summed E-state index contributed by atoms with van der Waals surface area (Å²) in [6.45, 7) is 5.49. The minimum absolute atomic E-state index is 0.0160. The van der Waals surface area contributed by atoms with Gasteiger partial charge in [-0.3, -0.25) is 19.4 Å². The zero-order valence-electron chi connectivity index (χ0n) is 25.1. The summed E-state index contributed by atoms with van der Waals surface area (Å²) in [5, 5.41) is 0. The lowest BCUT2D eigenvalue weighted by Gasteiger charge is -2.35. The molecular formula is C31H40N8O4. The van der Waals surface area contributed by atoms with Crippen LogP contribution in [-0.2, 0) is 14.4 Å². The molecule has 43 heavy (non-hydrogen) atoms. The maximum absolute atomic E-state index is 12.5. The number of nitrogens with two attached hydrogens (primary N) is 1. The molecule has 0 atom stereocenters. The van der Waals surface area contributed by atoms with Gasteiger partial charge >= 0.3 is 0 Å². The average Bonchev–Trinajstić information content (AvgIpc) is 3.02. The van der Waals surface area contributed by atoms with Crippen molar-refractivity contribution in [3.05, 3.63) is 55.0 Å². The molecule has 1 aliphatic rings. The van der Waals surface area contributed by atoms with Crippen molar-refractivity contribution in [2.24, 2.45) is 5.73 Å². The van der Waals surface area contributed by atoms with Crippen LogP contribution in [0.4, 0.5) is 11.6 Å². The van der Waals surface area contributed by atoms with Crippen LogP contribution in [-0.4, -0.2) is 95.8 Å². The highest BCUT2D eigenvalue weighted by Gasteiger charge is 2.21. The molecule has 2 aromatic heterocycles. The monoisotopic (exact) mass is 588 g/mol. The Bertz CT molecular complexity index is 1380. The topological polar surface area (TPSA) is 138 Å². The zero-order valence-corrected chi connectivity index (χ0v) is 25.1. The molecule has 12 nitrogen and oxygen atoms in total. The van der Waals surface area contributed by atoms with Gasteiger partial charge in [-0.05, 0) is 42.7 Å². The molecule has 1 aromatic carbocycles. The third-order valence-corrected chi connectivity index (χ3v) is 7.48. The van der Waals surface area contributed by atoms with E-state index in [1.54, 1.807) is 31.3 Å². The Morgan fingerprint density at radius 3 is 2.23 bits per heavy atom. The second-order valence-electron chi connectivity index (χ2n) is 10.7. The number of anilines is 2. The molecule has 3 amide bonds. The van der Waals surface area contributed by atoms with Crippen LogP contribution in [0, 0.1) is 0 Å². The van der Waals surface area contributed by atoms with Crippen LogP contribution in [0.25, 0.3) is 11.1 Å². The maximum Gasteiger partial charge on any atom is 0.239 e. The van der Waals surface area contributed by atoms with Crippen LogP contribution in [0.1, 0.15) is 32.6 Å². The van der Waals surface area contributed by atoms with Crippen LogP contribution in [0.3, 0.4) is 0 Å². The highest BCUT2D eigenvalue weighted by atomic mass is 16.5. The summed E-state index contributed by atoms with van der Waals surface area (Å²) in [4.78, 5) is 55.9. The smallest absolute Gasteiger partial charge is 0.239 e. The fourth-order valence-corrected chi connectivity index (χ4v) is 4.64. The van der Waals surface area contributed by atoms with E-state index >= 15 is 0 Å². The Hall–Kier alpha value is -4.74. The largest absolute Gasteiger partial charge is 0.437 e. The molecule has 0 spiro atoms. The third-order valence-electron chi connectivity index (χ3n) is 7.48. The second kappa shape index (κ2) is 14.9. The Labute approximate surface area is 252 Å². The first-order valence-electron chi connectivity index (χ1n) is 14.5. The Kier molecular flexibility index (Phi) is 10.8. The first kappa shape index (κ1) is 31.2. The molecule has 3 heterocycles. The molecule has 4 rings (SSSR count). The number of nitrogens with zero attached hydrogens (tertiary/aromatic N) is 7. The average molecular weight is 589 g/mol. The van der Waals surface area contributed by atoms with Gasteiger partial charge in [0.05, 0.1) is 12.4 Å². The molecule has 1 aliphatic heterocycles. The molecule has 0 saturated carbocycles. The highest BCUT2D eigenvalue weighted by molar-refractivity contribution is 5.77. The van der Waals surface area contributed by atoms with Crippen molar-refractivity contribution >= 4 is 29.4 Å². The van der Waals surface area contributed by atoms with Crippen molar-refractivity contribution in [1.82, 2.24) is 24.8 Å². The van der Waals surface area contributed by atoms with Crippen molar-refractivity contribution in [1.29, 1.82) is 0 Å². The number of carbonyl (C=O) groups excluding carboxylic acids is 3. The summed E-state index contributed by atoms with van der Waals surface area (Å²) in [5.41, 5.74) is 7.16. The third kappa shape index (κ3) is 9.12. The molecule has 1 fully saturated rings. The summed E-state index contributed by atoms with van der Waals surface area (Å²) in [7, 11) is 3.67. The number of unbranched alkanes of at least 4 members (excludes halogenated alkanes) is 1. The predicted octanol–water partition coefficient (Wildman–Crippen LogP) is 2.94. The number of ether oxygens (including phenoxy) is 1. The number of hydrogen-bond donors (Lipinski definition) is 1. The van der Waals surface area contributed by atoms with Crippen molar-refractivity contribution in [3.8, 4) is 22.8 Å². The van der Waals surface area contributed by atoms with Crippen molar-refractivity contribution < 1.29 is 19.1 Å². The van der Waals surface area contributed by atoms with Gasteiger partial charge in [0.2, 0.25) is 23.6 Å². The number of hydrogen-bond acceptors (Lipinski definition) is 9. The molecule has 228 valence electrons. The number of rotatable bonds is 13. The molecule has 0 aliphatic carbocycles. The summed E-state index contributed by atoms with van der Waals surface area (Å²) < 4.78 is 5.95. The molecule has 1 saturated heterocycles. The van der Waals surface area contributed by atoms with Gasteiger partial charge in [-0.2, -0.15) is 4.98 Å². The Morgan fingerprint density at radius 1 is 0.884 bits per heavy atom. The molecule has 0 unspecified atom stereocenters. The standard InChI is InChI=1S/C31H40N8O4/c1-23(40)36(2)14-15-37(3)29-21-33-22-30(35-29)43-26-11-8-24(9-12-26)25-10-13-28(34-20-25)38-16-18-39(19-17-38)31(42)7-5-4-6-27(32)41/h8-13,20-22H,4-7,14-19H2,1-3H3,(H2,32,41). The minimum Gasteiger partial charge on any atom is -0.437 e. The van der Waals surface area contributed by atoms with E-state index in [1.165, 1.54) is 0 Å². The fraction of sp³-hybridized carbons (Fsp3) is 0.419. The maximum atomic E-state index is 12.5. The second-order valence-corrected chi connectivity index (χ2v) is 10.7. The van der Waals surface area contributed by atoms with E-state index in [-0.39, 0.29) is 17.7 Å². The lowest BCUT2D eigenvalue weighted by Crippen LogP contribution is -2.49. The quantitative estimate of drug-likeness (QED) is 0.299. The number of pyridine rings is 1. The fourth-order valence-electron chi connectivity index (χ4n) is 4.64. The van der Waals surface area contributed by atoms with Gasteiger partial charge < -0.3 is 30.1 Å². The van der Waals surface area contributed by atoms with Gasteiger partial charge in [-0.15, -0.1) is 0 Å². The predicted molar refractivity (Wildman–Crippen MR) is 165 cm³/mol. The van der Waals surface area contributed by atoms with Crippen molar-refractivity contribution in [2.45, 2.75) is 32.6 Å². The van der Waals surface area contributed by atoms with E-state index in [1.807, 2.05) is 59.4 Å². The number of carbonyl (C=O) groups is 3. The number of likely N-dealkylation sites (N-methyl/N-ethyl adjacent to an activating group) is 2.